The Morgan fingerprint density at radius 3 is 2.15 bits per heavy atom. The number of allylic oxidation sites excluding steroid dienone is 2. The fourth-order valence-electron chi connectivity index (χ4n) is 2.96. The van der Waals surface area contributed by atoms with E-state index in [-0.39, 0.29) is 5.57 Å². The van der Waals surface area contributed by atoms with Gasteiger partial charge in [0.2, 0.25) is 0 Å². The second kappa shape index (κ2) is 6.18. The first kappa shape index (κ1) is 16.7. The normalized spacial score (nSPS) is 18.6. The highest BCUT2D eigenvalue weighted by Gasteiger charge is 2.41. The van der Waals surface area contributed by atoms with Gasteiger partial charge in [0.1, 0.15) is 0 Å². The molecule has 2 aromatic rings. The van der Waals surface area contributed by atoms with E-state index >= 15 is 0 Å². The summed E-state index contributed by atoms with van der Waals surface area (Å²) in [5.41, 5.74) is 2.30. The van der Waals surface area contributed by atoms with Crippen LogP contribution in [-0.4, -0.2) is 17.7 Å². The number of esters is 2. The number of hydrogen-bond donors (Lipinski definition) is 0. The van der Waals surface area contributed by atoms with E-state index in [0.29, 0.717) is 5.57 Å². The van der Waals surface area contributed by atoms with Gasteiger partial charge >= 0.3 is 11.9 Å². The first-order valence-electron chi connectivity index (χ1n) is 8.20. The summed E-state index contributed by atoms with van der Waals surface area (Å²) in [6, 6.07) is 17.5. The van der Waals surface area contributed by atoms with Crippen molar-refractivity contribution in [1.29, 1.82) is 0 Å². The Morgan fingerprint density at radius 1 is 0.846 bits per heavy atom. The Morgan fingerprint density at radius 2 is 1.46 bits per heavy atom. The molecule has 26 heavy (non-hydrogen) atoms. The van der Waals surface area contributed by atoms with Crippen LogP contribution in [0.25, 0.3) is 10.5 Å². The SMILES string of the molecule is CC1(C)OC(=O)C(=C2C=C(c3ccccc3)Sc3ccccc32)C(=O)O1. The average Bonchev–Trinajstić information content (AvgIpc) is 2.60. The molecule has 2 aromatic carbocycles. The van der Waals surface area contributed by atoms with Crippen molar-refractivity contribution in [3.05, 3.63) is 77.4 Å². The minimum atomic E-state index is -1.26. The molecule has 0 radical (unpaired) electrons. The quantitative estimate of drug-likeness (QED) is 0.426. The number of ether oxygens (including phenoxy) is 2. The van der Waals surface area contributed by atoms with Crippen LogP contribution in [0.5, 0.6) is 0 Å². The van der Waals surface area contributed by atoms with E-state index in [1.807, 2.05) is 60.7 Å². The second-order valence-electron chi connectivity index (χ2n) is 6.44. The molecule has 0 aromatic heterocycles. The number of cyclic esters (lactones) is 2. The molecule has 1 saturated heterocycles. The third-order valence-corrected chi connectivity index (χ3v) is 5.23. The van der Waals surface area contributed by atoms with Gasteiger partial charge < -0.3 is 9.47 Å². The summed E-state index contributed by atoms with van der Waals surface area (Å²) >= 11 is 1.60. The van der Waals surface area contributed by atoms with Crippen molar-refractivity contribution in [3.63, 3.8) is 0 Å². The minimum Gasteiger partial charge on any atom is -0.419 e. The van der Waals surface area contributed by atoms with Gasteiger partial charge in [-0.25, -0.2) is 9.59 Å². The first-order valence-corrected chi connectivity index (χ1v) is 9.01. The van der Waals surface area contributed by atoms with Crippen LogP contribution in [0.4, 0.5) is 0 Å². The van der Waals surface area contributed by atoms with Crippen molar-refractivity contribution in [2.24, 2.45) is 0 Å². The number of carbonyl (C=O) groups excluding carboxylic acids is 2. The predicted octanol–water partition coefficient (Wildman–Crippen LogP) is 4.42. The molecule has 0 saturated carbocycles. The van der Waals surface area contributed by atoms with E-state index in [1.54, 1.807) is 25.6 Å². The summed E-state index contributed by atoms with van der Waals surface area (Å²) in [5.74, 6) is -2.58. The van der Waals surface area contributed by atoms with Crippen molar-refractivity contribution < 1.29 is 19.1 Å². The standard InChI is InChI=1S/C21H16O4S/c1-21(2)24-19(22)18(20(23)25-21)15-12-17(13-8-4-3-5-9-13)26-16-11-7-6-10-14(15)16/h3-12H,1-2H3. The van der Waals surface area contributed by atoms with Gasteiger partial charge in [0.05, 0.1) is 0 Å². The third kappa shape index (κ3) is 2.95. The lowest BCUT2D eigenvalue weighted by atomic mass is 9.97. The number of hydrogen-bond acceptors (Lipinski definition) is 5. The van der Waals surface area contributed by atoms with Gasteiger partial charge in [0, 0.05) is 29.2 Å². The molecule has 4 rings (SSSR count). The van der Waals surface area contributed by atoms with E-state index in [1.165, 1.54) is 0 Å². The molecule has 1 fully saturated rings. The molecule has 4 nitrogen and oxygen atoms in total. The smallest absolute Gasteiger partial charge is 0.349 e. The predicted molar refractivity (Wildman–Crippen MR) is 99.9 cm³/mol. The molecule has 2 heterocycles. The molecule has 0 amide bonds. The van der Waals surface area contributed by atoms with E-state index < -0.39 is 17.7 Å². The fraction of sp³-hybridized carbons (Fsp3) is 0.143. The van der Waals surface area contributed by atoms with Crippen molar-refractivity contribution >= 4 is 34.2 Å². The average molecular weight is 364 g/mol. The van der Waals surface area contributed by atoms with Crippen LogP contribution < -0.4 is 0 Å². The van der Waals surface area contributed by atoms with Crippen molar-refractivity contribution in [2.45, 2.75) is 24.5 Å². The summed E-state index contributed by atoms with van der Waals surface area (Å²) < 4.78 is 10.6. The Balaban J connectivity index is 1.92. The summed E-state index contributed by atoms with van der Waals surface area (Å²) in [6.07, 6.45) is 1.86. The molecular formula is C21H16O4S. The van der Waals surface area contributed by atoms with E-state index in [4.69, 9.17) is 9.47 Å². The highest BCUT2D eigenvalue weighted by molar-refractivity contribution is 8.08. The Bertz CT molecular complexity index is 949. The summed E-state index contributed by atoms with van der Waals surface area (Å²) in [4.78, 5) is 27.0. The summed E-state index contributed by atoms with van der Waals surface area (Å²) in [6.45, 7) is 3.08. The van der Waals surface area contributed by atoms with Gasteiger partial charge in [-0.15, -0.1) is 0 Å². The van der Waals surface area contributed by atoms with Crippen molar-refractivity contribution in [2.75, 3.05) is 0 Å². The molecule has 0 spiro atoms. The zero-order chi connectivity index (χ0) is 18.3. The lowest BCUT2D eigenvalue weighted by Crippen LogP contribution is -2.42. The maximum Gasteiger partial charge on any atom is 0.349 e. The Hall–Kier alpha value is -2.79. The molecule has 0 bridgehead atoms. The van der Waals surface area contributed by atoms with Crippen LogP contribution >= 0.6 is 11.8 Å². The number of fused-ring (bicyclic) bond motifs is 1. The van der Waals surface area contributed by atoms with Crippen LogP contribution in [-0.2, 0) is 19.1 Å². The Kier molecular flexibility index (Phi) is 3.96. The van der Waals surface area contributed by atoms with Crippen LogP contribution in [0, 0.1) is 0 Å². The number of rotatable bonds is 1. The number of carbonyl (C=O) groups is 2. The maximum absolute atomic E-state index is 12.6. The van der Waals surface area contributed by atoms with Gasteiger partial charge in [0.15, 0.2) is 5.57 Å². The fourth-order valence-corrected chi connectivity index (χ4v) is 4.06. The minimum absolute atomic E-state index is 0.0643. The van der Waals surface area contributed by atoms with Gasteiger partial charge in [-0.2, -0.15) is 0 Å². The zero-order valence-electron chi connectivity index (χ0n) is 14.3. The summed E-state index contributed by atoms with van der Waals surface area (Å²) in [5, 5.41) is 0. The molecule has 0 aliphatic carbocycles. The monoisotopic (exact) mass is 364 g/mol. The van der Waals surface area contributed by atoms with E-state index in [9.17, 15) is 9.59 Å². The number of benzene rings is 2. The van der Waals surface area contributed by atoms with Gasteiger partial charge in [-0.05, 0) is 23.3 Å². The molecule has 2 aliphatic heterocycles. The maximum atomic E-state index is 12.6. The van der Waals surface area contributed by atoms with E-state index in [0.717, 1.165) is 20.9 Å². The zero-order valence-corrected chi connectivity index (χ0v) is 15.1. The molecular weight excluding hydrogens is 348 g/mol. The largest absolute Gasteiger partial charge is 0.419 e. The van der Waals surface area contributed by atoms with Crippen LogP contribution in [0.15, 0.2) is 71.1 Å². The van der Waals surface area contributed by atoms with Gasteiger partial charge in [0.25, 0.3) is 5.79 Å². The summed E-state index contributed by atoms with van der Waals surface area (Å²) in [7, 11) is 0. The number of thioether (sulfide) groups is 1. The lowest BCUT2D eigenvalue weighted by molar-refractivity contribution is -0.222. The molecule has 0 atom stereocenters. The van der Waals surface area contributed by atoms with E-state index in [2.05, 4.69) is 0 Å². The first-order chi connectivity index (χ1) is 12.4. The Labute approximate surface area is 155 Å². The molecule has 0 unspecified atom stereocenters. The van der Waals surface area contributed by atoms with Crippen molar-refractivity contribution in [3.8, 4) is 0 Å². The molecule has 5 heteroatoms. The lowest BCUT2D eigenvalue weighted by Gasteiger charge is -2.31. The molecule has 2 aliphatic rings. The topological polar surface area (TPSA) is 52.6 Å². The van der Waals surface area contributed by atoms with Crippen molar-refractivity contribution in [1.82, 2.24) is 0 Å². The van der Waals surface area contributed by atoms with Gasteiger partial charge in [-0.1, -0.05) is 60.3 Å². The third-order valence-electron chi connectivity index (χ3n) is 4.09. The highest BCUT2D eigenvalue weighted by atomic mass is 32.2. The second-order valence-corrected chi connectivity index (χ2v) is 7.52. The molecule has 130 valence electrons. The molecule has 0 N–H and O–H groups in total. The van der Waals surface area contributed by atoms with Crippen LogP contribution in [0.2, 0.25) is 0 Å². The van der Waals surface area contributed by atoms with Crippen LogP contribution in [0.3, 0.4) is 0 Å². The van der Waals surface area contributed by atoms with Crippen LogP contribution in [0.1, 0.15) is 25.0 Å². The highest BCUT2D eigenvalue weighted by Crippen LogP contribution is 2.46. The van der Waals surface area contributed by atoms with Gasteiger partial charge in [-0.3, -0.25) is 0 Å².